The second-order valence-electron chi connectivity index (χ2n) is 5.40. The van der Waals surface area contributed by atoms with Crippen LogP contribution in [0.25, 0.3) is 10.2 Å². The van der Waals surface area contributed by atoms with E-state index in [1.165, 1.54) is 23.8 Å². The number of methoxy groups -OCH3 is 1. The molecule has 1 atom stereocenters. The average Bonchev–Trinajstić information content (AvgIpc) is 3.19. The quantitative estimate of drug-likeness (QED) is 0.589. The number of nitrogens with zero attached hydrogens (tertiary/aromatic N) is 3. The van der Waals surface area contributed by atoms with Gasteiger partial charge in [0.2, 0.25) is 5.82 Å². The lowest BCUT2D eigenvalue weighted by Crippen LogP contribution is -2.41. The van der Waals surface area contributed by atoms with Crippen molar-refractivity contribution in [2.45, 2.75) is 24.5 Å². The highest BCUT2D eigenvalue weighted by Crippen LogP contribution is 2.37. The van der Waals surface area contributed by atoms with Crippen LogP contribution in [0.2, 0.25) is 5.02 Å². The molecule has 26 heavy (non-hydrogen) atoms. The summed E-state index contributed by atoms with van der Waals surface area (Å²) in [5.41, 5.74) is 0. The van der Waals surface area contributed by atoms with Crippen LogP contribution in [0.3, 0.4) is 0 Å². The molecule has 0 saturated carbocycles. The maximum Gasteiger partial charge on any atom is 0.269 e. The Morgan fingerprint density at radius 1 is 1.50 bits per heavy atom. The van der Waals surface area contributed by atoms with Crippen LogP contribution in [0.5, 0.6) is 0 Å². The minimum atomic E-state index is -4.18. The lowest BCUT2D eigenvalue weighted by molar-refractivity contribution is 0.116. The van der Waals surface area contributed by atoms with Gasteiger partial charge in [-0.3, -0.25) is 0 Å². The van der Waals surface area contributed by atoms with Crippen molar-refractivity contribution in [3.05, 3.63) is 34.5 Å². The van der Waals surface area contributed by atoms with E-state index in [2.05, 4.69) is 10.1 Å². The summed E-state index contributed by atoms with van der Waals surface area (Å²) in [4.78, 5) is 4.74. The molecule has 3 rings (SSSR count). The molecule has 0 aromatic carbocycles. The molecule has 8 nitrogen and oxygen atoms in total. The second kappa shape index (κ2) is 7.49. The average molecular weight is 418 g/mol. The zero-order chi connectivity index (χ0) is 18.9. The van der Waals surface area contributed by atoms with Gasteiger partial charge >= 0.3 is 0 Å². The molecule has 0 spiro atoms. The molecular formula is C15H16ClN3O5S2. The van der Waals surface area contributed by atoms with E-state index in [1.807, 2.05) is 0 Å². The van der Waals surface area contributed by atoms with E-state index in [4.69, 9.17) is 20.9 Å². The van der Waals surface area contributed by atoms with Crippen LogP contribution in [0, 0.1) is 6.92 Å². The minimum absolute atomic E-state index is 0.0128. The van der Waals surface area contributed by atoms with E-state index < -0.39 is 16.3 Å². The molecule has 0 bridgehead atoms. The van der Waals surface area contributed by atoms with Gasteiger partial charge in [0.1, 0.15) is 21.0 Å². The van der Waals surface area contributed by atoms with Crippen LogP contribution in [0.1, 0.15) is 12.2 Å². The van der Waals surface area contributed by atoms with Crippen molar-refractivity contribution in [3.8, 4) is 0 Å². The molecule has 1 unspecified atom stereocenters. The van der Waals surface area contributed by atoms with Gasteiger partial charge in [-0.1, -0.05) is 16.8 Å². The molecule has 3 aromatic heterocycles. The summed E-state index contributed by atoms with van der Waals surface area (Å²) >= 11 is 7.35. The third-order valence-electron chi connectivity index (χ3n) is 3.69. The Bertz CT molecular complexity index is 1020. The van der Waals surface area contributed by atoms with E-state index in [1.54, 1.807) is 25.3 Å². The van der Waals surface area contributed by atoms with Gasteiger partial charge in [0.15, 0.2) is 5.76 Å². The molecule has 0 saturated heterocycles. The molecule has 0 amide bonds. The number of aliphatic hydroxyl groups is 1. The molecular weight excluding hydrogens is 402 g/mol. The van der Waals surface area contributed by atoms with E-state index in [0.717, 1.165) is 4.31 Å². The van der Waals surface area contributed by atoms with E-state index in [9.17, 15) is 13.5 Å². The van der Waals surface area contributed by atoms with Crippen LogP contribution in [-0.2, 0) is 14.8 Å². The summed E-state index contributed by atoms with van der Waals surface area (Å²) in [5, 5.41) is 16.2. The first-order valence-corrected chi connectivity index (χ1v) is 10.2. The Labute approximate surface area is 159 Å². The normalized spacial score (nSPS) is 13.2. The van der Waals surface area contributed by atoms with Crippen LogP contribution >= 0.6 is 22.9 Å². The van der Waals surface area contributed by atoms with Gasteiger partial charge in [-0.15, -0.1) is 11.3 Å². The maximum atomic E-state index is 13.3. The lowest BCUT2D eigenvalue weighted by atomic mass is 10.3. The topological polar surface area (TPSA) is 106 Å². The van der Waals surface area contributed by atoms with Crippen LogP contribution < -0.4 is 4.31 Å². The van der Waals surface area contributed by atoms with Gasteiger partial charge in [0, 0.05) is 30.5 Å². The highest BCUT2D eigenvalue weighted by molar-refractivity contribution is 7.93. The number of halogens is 1. The number of hydrogen-bond donors (Lipinski definition) is 1. The molecule has 11 heteroatoms. The number of aryl methyl sites for hydroxylation is 1. The summed E-state index contributed by atoms with van der Waals surface area (Å²) in [5.74, 6) is 0.0775. The summed E-state index contributed by atoms with van der Waals surface area (Å²) in [6.07, 6.45) is 0.171. The standard InChI is InChI=1S/C15H16ClN3O5S2/c1-9-13(16)14(18-24-9)19(12(20)5-7-23-2)26(21,22)11-8-25-15-10(11)4-3-6-17-15/h3-4,6,8,12,20H,5,7H2,1-2H3. The Hall–Kier alpha value is -1.72. The molecule has 0 aliphatic heterocycles. The predicted molar refractivity (Wildman–Crippen MR) is 98.0 cm³/mol. The monoisotopic (exact) mass is 417 g/mol. The van der Waals surface area contributed by atoms with Gasteiger partial charge < -0.3 is 14.4 Å². The fourth-order valence-corrected chi connectivity index (χ4v) is 5.50. The Kier molecular flexibility index (Phi) is 5.49. The third-order valence-corrected chi connectivity index (χ3v) is 7.00. The molecule has 3 heterocycles. The SMILES string of the molecule is COCCC(O)N(c1noc(C)c1Cl)S(=O)(=O)c1csc2ncccc12. The number of thiophene rings is 1. The van der Waals surface area contributed by atoms with Crippen molar-refractivity contribution >= 4 is 49.0 Å². The largest absolute Gasteiger partial charge is 0.385 e. The van der Waals surface area contributed by atoms with Crippen molar-refractivity contribution in [1.82, 2.24) is 10.1 Å². The first-order valence-electron chi connectivity index (χ1n) is 7.53. The lowest BCUT2D eigenvalue weighted by Gasteiger charge is -2.26. The summed E-state index contributed by atoms with van der Waals surface area (Å²) in [6, 6.07) is 3.30. The number of rotatable bonds is 7. The van der Waals surface area contributed by atoms with Crippen molar-refractivity contribution in [3.63, 3.8) is 0 Å². The van der Waals surface area contributed by atoms with E-state index in [0.29, 0.717) is 10.2 Å². The van der Waals surface area contributed by atoms with Crippen molar-refractivity contribution < 1.29 is 22.8 Å². The molecule has 0 aliphatic carbocycles. The van der Waals surface area contributed by atoms with Crippen molar-refractivity contribution in [2.24, 2.45) is 0 Å². The minimum Gasteiger partial charge on any atom is -0.385 e. The summed E-state index contributed by atoms with van der Waals surface area (Å²) < 4.78 is 37.4. The number of sulfonamides is 1. The number of hydrogen-bond acceptors (Lipinski definition) is 8. The van der Waals surface area contributed by atoms with E-state index >= 15 is 0 Å². The Morgan fingerprint density at radius 3 is 2.92 bits per heavy atom. The number of anilines is 1. The maximum absolute atomic E-state index is 13.3. The highest BCUT2D eigenvalue weighted by atomic mass is 35.5. The number of aliphatic hydroxyl groups excluding tert-OH is 1. The predicted octanol–water partition coefficient (Wildman–Crippen LogP) is 2.80. The molecule has 1 N–H and O–H groups in total. The van der Waals surface area contributed by atoms with Gasteiger partial charge in [-0.2, -0.15) is 0 Å². The zero-order valence-electron chi connectivity index (χ0n) is 13.9. The number of aromatic nitrogens is 2. The van der Waals surface area contributed by atoms with Crippen molar-refractivity contribution in [2.75, 3.05) is 18.0 Å². The first kappa shape index (κ1) is 19.1. The molecule has 0 radical (unpaired) electrons. The van der Waals surface area contributed by atoms with Gasteiger partial charge in [-0.05, 0) is 19.1 Å². The number of fused-ring (bicyclic) bond motifs is 1. The first-order chi connectivity index (χ1) is 12.4. The Balaban J connectivity index is 2.15. The zero-order valence-corrected chi connectivity index (χ0v) is 16.3. The van der Waals surface area contributed by atoms with E-state index in [-0.39, 0.29) is 34.5 Å². The summed E-state index contributed by atoms with van der Waals surface area (Å²) in [6.45, 7) is 1.70. The van der Waals surface area contributed by atoms with Crippen molar-refractivity contribution in [1.29, 1.82) is 0 Å². The highest BCUT2D eigenvalue weighted by Gasteiger charge is 2.36. The van der Waals surface area contributed by atoms with Crippen LogP contribution in [0.15, 0.2) is 33.1 Å². The van der Waals surface area contributed by atoms with Crippen LogP contribution in [-0.4, -0.2) is 43.6 Å². The van der Waals surface area contributed by atoms with Gasteiger partial charge in [-0.25, -0.2) is 17.7 Å². The fraction of sp³-hybridized carbons (Fsp3) is 0.333. The van der Waals surface area contributed by atoms with Gasteiger partial charge in [0.05, 0.1) is 6.61 Å². The van der Waals surface area contributed by atoms with Crippen LogP contribution in [0.4, 0.5) is 5.82 Å². The number of pyridine rings is 1. The summed E-state index contributed by atoms with van der Waals surface area (Å²) in [7, 11) is -2.73. The second-order valence-corrected chi connectivity index (χ2v) is 8.41. The van der Waals surface area contributed by atoms with Gasteiger partial charge in [0.25, 0.3) is 10.0 Å². The molecule has 0 aliphatic rings. The number of ether oxygens (including phenoxy) is 1. The molecule has 0 fully saturated rings. The smallest absolute Gasteiger partial charge is 0.269 e. The molecule has 140 valence electrons. The third kappa shape index (κ3) is 3.30. The molecule has 3 aromatic rings. The fourth-order valence-electron chi connectivity index (χ4n) is 2.39. The Morgan fingerprint density at radius 2 is 2.27 bits per heavy atom.